The normalized spacial score (nSPS) is 11.6. The van der Waals surface area contributed by atoms with Crippen LogP contribution in [0, 0.1) is 6.92 Å². The molecule has 0 saturated heterocycles. The molecule has 3 aromatic heterocycles. The Morgan fingerprint density at radius 1 is 1.25 bits per heavy atom. The molecule has 0 radical (unpaired) electrons. The van der Waals surface area contributed by atoms with Crippen LogP contribution in [0.1, 0.15) is 35.9 Å². The highest BCUT2D eigenvalue weighted by molar-refractivity contribution is 6.30. The van der Waals surface area contributed by atoms with Gasteiger partial charge < -0.3 is 4.74 Å². The number of aryl methyl sites for hydroxylation is 3. The lowest BCUT2D eigenvalue weighted by atomic mass is 10.0. The molecule has 0 aliphatic heterocycles. The molecule has 0 aliphatic carbocycles. The Hall–Kier alpha value is -3.01. The van der Waals surface area contributed by atoms with Crippen LogP contribution >= 0.6 is 11.6 Å². The first-order valence-corrected chi connectivity index (χ1v) is 10.2. The van der Waals surface area contributed by atoms with Gasteiger partial charge in [0.05, 0.1) is 23.6 Å². The van der Waals surface area contributed by atoms with Crippen LogP contribution in [0.4, 0.5) is 13.2 Å². The van der Waals surface area contributed by atoms with Crippen molar-refractivity contribution in [1.29, 1.82) is 0 Å². The number of pyridine rings is 1. The monoisotopic (exact) mass is 467 g/mol. The van der Waals surface area contributed by atoms with Gasteiger partial charge in [0.15, 0.2) is 16.6 Å². The van der Waals surface area contributed by atoms with E-state index >= 15 is 0 Å². The largest absolute Gasteiger partial charge is 0.491 e. The van der Waals surface area contributed by atoms with Crippen LogP contribution in [0.2, 0.25) is 5.15 Å². The number of Topliss-reactive ketones (excluding diaryl/α,β-unsaturated/α-hetero) is 1. The van der Waals surface area contributed by atoms with E-state index in [4.69, 9.17) is 16.3 Å². The number of ether oxygens (including phenoxy) is 1. The van der Waals surface area contributed by atoms with Crippen molar-refractivity contribution in [3.63, 3.8) is 0 Å². The molecule has 7 nitrogen and oxygen atoms in total. The van der Waals surface area contributed by atoms with Crippen molar-refractivity contribution in [2.24, 2.45) is 7.05 Å². The maximum absolute atomic E-state index is 13.3. The summed E-state index contributed by atoms with van der Waals surface area (Å²) >= 11 is 5.96. The van der Waals surface area contributed by atoms with E-state index in [0.717, 1.165) is 4.68 Å². The average molecular weight is 468 g/mol. The second-order valence-corrected chi connectivity index (χ2v) is 7.57. The van der Waals surface area contributed by atoms with E-state index in [9.17, 15) is 18.0 Å². The first-order chi connectivity index (χ1) is 15.1. The van der Waals surface area contributed by atoms with Crippen molar-refractivity contribution in [3.05, 3.63) is 52.2 Å². The minimum absolute atomic E-state index is 0.0493. The van der Waals surface area contributed by atoms with Gasteiger partial charge >= 0.3 is 6.18 Å². The van der Waals surface area contributed by atoms with Gasteiger partial charge in [0.2, 0.25) is 0 Å². The average Bonchev–Trinajstić information content (AvgIpc) is 3.11. The van der Waals surface area contributed by atoms with Crippen LogP contribution in [0.5, 0.6) is 5.75 Å². The van der Waals surface area contributed by atoms with E-state index in [1.165, 1.54) is 19.4 Å². The number of halogens is 4. The molecule has 0 spiro atoms. The molecule has 0 aromatic carbocycles. The molecule has 0 aliphatic rings. The molecule has 3 heterocycles. The Balaban J connectivity index is 1.68. The summed E-state index contributed by atoms with van der Waals surface area (Å²) in [5, 5.41) is 11.7. The molecule has 0 amide bonds. The number of hydrogen-bond donors (Lipinski definition) is 0. The highest BCUT2D eigenvalue weighted by Gasteiger charge is 2.38. The third-order valence-electron chi connectivity index (χ3n) is 4.61. The van der Waals surface area contributed by atoms with E-state index < -0.39 is 11.9 Å². The Morgan fingerprint density at radius 3 is 2.66 bits per heavy atom. The van der Waals surface area contributed by atoms with Crippen LogP contribution in [0.3, 0.4) is 0 Å². The van der Waals surface area contributed by atoms with Crippen molar-refractivity contribution in [3.8, 4) is 17.0 Å². The van der Waals surface area contributed by atoms with Gasteiger partial charge in [-0.15, -0.1) is 5.10 Å². The molecular weight excluding hydrogens is 447 g/mol. The quantitative estimate of drug-likeness (QED) is 0.457. The summed E-state index contributed by atoms with van der Waals surface area (Å²) < 4.78 is 46.2. The van der Waals surface area contributed by atoms with E-state index in [2.05, 4.69) is 20.3 Å². The summed E-state index contributed by atoms with van der Waals surface area (Å²) in [6, 6.07) is 3.32. The predicted octanol–water partition coefficient (Wildman–Crippen LogP) is 4.40. The van der Waals surface area contributed by atoms with Crippen LogP contribution in [0.15, 0.2) is 24.5 Å². The molecule has 0 saturated carbocycles. The number of nitrogens with zero attached hydrogens (tertiary/aromatic N) is 5. The van der Waals surface area contributed by atoms with Crippen LogP contribution in [-0.4, -0.2) is 37.4 Å². The Morgan fingerprint density at radius 2 is 2.00 bits per heavy atom. The molecular formula is C21H21ClF3N5O2. The number of rotatable bonds is 8. The molecule has 0 unspecified atom stereocenters. The zero-order valence-corrected chi connectivity index (χ0v) is 18.5. The fourth-order valence-corrected chi connectivity index (χ4v) is 3.36. The van der Waals surface area contributed by atoms with Crippen molar-refractivity contribution < 1.29 is 22.7 Å². The van der Waals surface area contributed by atoms with Gasteiger partial charge in [0, 0.05) is 32.3 Å². The first kappa shape index (κ1) is 23.6. The van der Waals surface area contributed by atoms with Crippen molar-refractivity contribution in [2.75, 3.05) is 6.61 Å². The highest BCUT2D eigenvalue weighted by Crippen LogP contribution is 2.36. The topological polar surface area (TPSA) is 82.8 Å². The molecule has 170 valence electrons. The predicted molar refractivity (Wildman–Crippen MR) is 111 cm³/mol. The lowest BCUT2D eigenvalue weighted by Crippen LogP contribution is -2.10. The number of carbonyl (C=O) groups excluding carboxylic acids is 1. The van der Waals surface area contributed by atoms with Gasteiger partial charge in [-0.25, -0.2) is 4.98 Å². The first-order valence-electron chi connectivity index (χ1n) is 9.81. The maximum atomic E-state index is 13.3. The van der Waals surface area contributed by atoms with Crippen molar-refractivity contribution in [1.82, 2.24) is 25.0 Å². The number of carbonyl (C=O) groups is 1. The van der Waals surface area contributed by atoms with Crippen molar-refractivity contribution >= 4 is 17.4 Å². The van der Waals surface area contributed by atoms with Crippen LogP contribution in [-0.2, 0) is 30.9 Å². The van der Waals surface area contributed by atoms with Gasteiger partial charge in [-0.05, 0) is 43.5 Å². The molecule has 32 heavy (non-hydrogen) atoms. The smallest absolute Gasteiger partial charge is 0.435 e. The summed E-state index contributed by atoms with van der Waals surface area (Å²) in [4.78, 5) is 16.4. The summed E-state index contributed by atoms with van der Waals surface area (Å²) in [6.45, 7) is 3.90. The van der Waals surface area contributed by atoms with E-state index in [0.29, 0.717) is 35.6 Å². The fraction of sp³-hybridized carbons (Fsp3) is 0.381. The van der Waals surface area contributed by atoms with Crippen LogP contribution in [0.25, 0.3) is 11.3 Å². The summed E-state index contributed by atoms with van der Waals surface area (Å²) in [7, 11) is 1.41. The standard InChI is InChI=1S/C21H21ClF3N5O2/c1-4-32-17-9-13(10-26-20(17)22)8-15(31)6-5-14-7-12(2)18(28-27-14)16-11-30(3)29-19(16)21(23,24)25/h7,9-11H,4-6,8H2,1-3H3. The SMILES string of the molecule is CCOc1cc(CC(=O)CCc2cc(C)c(-c3cn(C)nc3C(F)(F)F)nn2)cnc1Cl. The Kier molecular flexibility index (Phi) is 7.12. The zero-order chi connectivity index (χ0) is 23.5. The molecule has 0 bridgehead atoms. The van der Waals surface area contributed by atoms with Gasteiger partial charge in [-0.1, -0.05) is 11.6 Å². The summed E-state index contributed by atoms with van der Waals surface area (Å²) in [5.41, 5.74) is 0.676. The number of hydrogen-bond acceptors (Lipinski definition) is 6. The van der Waals surface area contributed by atoms with Crippen molar-refractivity contribution in [2.45, 2.75) is 39.3 Å². The van der Waals surface area contributed by atoms with E-state index in [1.54, 1.807) is 19.1 Å². The zero-order valence-electron chi connectivity index (χ0n) is 17.7. The Labute approximate surface area is 187 Å². The molecule has 3 aromatic rings. The summed E-state index contributed by atoms with van der Waals surface area (Å²) in [5.74, 6) is 0.372. The molecule has 0 atom stereocenters. The molecule has 3 rings (SSSR count). The lowest BCUT2D eigenvalue weighted by Gasteiger charge is -2.09. The Bertz CT molecular complexity index is 1130. The summed E-state index contributed by atoms with van der Waals surface area (Å²) in [6.07, 6.45) is -1.16. The number of ketones is 1. The third-order valence-corrected chi connectivity index (χ3v) is 4.90. The highest BCUT2D eigenvalue weighted by atomic mass is 35.5. The third kappa shape index (κ3) is 5.61. The second kappa shape index (κ2) is 9.64. The van der Waals surface area contributed by atoms with E-state index in [1.807, 2.05) is 6.92 Å². The molecule has 0 N–H and O–H groups in total. The van der Waals surface area contributed by atoms with Gasteiger partial charge in [0.1, 0.15) is 5.78 Å². The van der Waals surface area contributed by atoms with Gasteiger partial charge in [-0.2, -0.15) is 23.4 Å². The minimum atomic E-state index is -4.60. The number of alkyl halides is 3. The lowest BCUT2D eigenvalue weighted by molar-refractivity contribution is -0.141. The number of aromatic nitrogens is 5. The maximum Gasteiger partial charge on any atom is 0.435 e. The van der Waals surface area contributed by atoms with E-state index in [-0.39, 0.29) is 35.0 Å². The molecule has 0 fully saturated rings. The van der Waals surface area contributed by atoms with Gasteiger partial charge in [0.25, 0.3) is 0 Å². The minimum Gasteiger partial charge on any atom is -0.491 e. The fourth-order valence-electron chi connectivity index (χ4n) is 3.21. The van der Waals surface area contributed by atoms with Gasteiger partial charge in [-0.3, -0.25) is 9.48 Å². The molecule has 11 heteroatoms. The second-order valence-electron chi connectivity index (χ2n) is 7.21. The van der Waals surface area contributed by atoms with Crippen LogP contribution < -0.4 is 4.74 Å².